The second-order valence-electron chi connectivity index (χ2n) is 4.98. The first kappa shape index (κ1) is 16.8. The van der Waals surface area contributed by atoms with Gasteiger partial charge >= 0.3 is 5.97 Å². The van der Waals surface area contributed by atoms with Crippen LogP contribution in [0, 0.1) is 0 Å². The lowest BCUT2D eigenvalue weighted by molar-refractivity contribution is -0.144. The average molecular weight is 315 g/mol. The molecule has 0 spiro atoms. The molecule has 5 heteroatoms. The van der Waals surface area contributed by atoms with E-state index in [1.54, 1.807) is 14.0 Å². The van der Waals surface area contributed by atoms with Crippen LogP contribution in [0.1, 0.15) is 12.5 Å². The summed E-state index contributed by atoms with van der Waals surface area (Å²) in [6.45, 7) is 2.09. The van der Waals surface area contributed by atoms with Crippen molar-refractivity contribution >= 4 is 5.97 Å². The smallest absolute Gasteiger partial charge is 0.323 e. The first-order chi connectivity index (χ1) is 11.1. The predicted molar refractivity (Wildman–Crippen MR) is 87.8 cm³/mol. The zero-order chi connectivity index (χ0) is 16.7. The van der Waals surface area contributed by atoms with Crippen molar-refractivity contribution in [2.45, 2.75) is 19.4 Å². The van der Waals surface area contributed by atoms with Gasteiger partial charge in [-0.15, -0.1) is 0 Å². The van der Waals surface area contributed by atoms with Gasteiger partial charge < -0.3 is 19.9 Å². The molecule has 0 fully saturated rings. The molecule has 0 saturated heterocycles. The fourth-order valence-electron chi connectivity index (χ4n) is 2.06. The van der Waals surface area contributed by atoms with E-state index in [0.29, 0.717) is 18.8 Å². The van der Waals surface area contributed by atoms with Gasteiger partial charge in [-0.25, -0.2) is 0 Å². The summed E-state index contributed by atoms with van der Waals surface area (Å²) in [4.78, 5) is 11.5. The standard InChI is InChI=1S/C18H21NO4/c1-3-22-18(20)17(19)12-13-4-6-15(7-5-13)23-16-10-8-14(21-2)9-11-16/h4-11,17H,3,12,19H2,1-2H3. The maximum absolute atomic E-state index is 11.5. The van der Waals surface area contributed by atoms with Gasteiger partial charge in [0.05, 0.1) is 13.7 Å². The fraction of sp³-hybridized carbons (Fsp3) is 0.278. The quantitative estimate of drug-likeness (QED) is 0.796. The van der Waals surface area contributed by atoms with Crippen LogP contribution < -0.4 is 15.2 Å². The van der Waals surface area contributed by atoms with Crippen LogP contribution in [0.4, 0.5) is 0 Å². The van der Waals surface area contributed by atoms with Crippen LogP contribution in [-0.2, 0) is 16.0 Å². The van der Waals surface area contributed by atoms with E-state index in [1.807, 2.05) is 48.5 Å². The molecule has 0 saturated carbocycles. The number of hydrogen-bond donors (Lipinski definition) is 1. The van der Waals surface area contributed by atoms with Gasteiger partial charge in [0.1, 0.15) is 23.3 Å². The van der Waals surface area contributed by atoms with Crippen LogP contribution >= 0.6 is 0 Å². The average Bonchev–Trinajstić information content (AvgIpc) is 2.57. The Balaban J connectivity index is 1.94. The van der Waals surface area contributed by atoms with E-state index < -0.39 is 6.04 Å². The highest BCUT2D eigenvalue weighted by atomic mass is 16.5. The van der Waals surface area contributed by atoms with Crippen molar-refractivity contribution in [3.05, 3.63) is 54.1 Å². The molecule has 23 heavy (non-hydrogen) atoms. The molecule has 0 aromatic heterocycles. The van der Waals surface area contributed by atoms with Crippen LogP contribution in [0.3, 0.4) is 0 Å². The Morgan fingerprint density at radius 2 is 1.52 bits per heavy atom. The van der Waals surface area contributed by atoms with Gasteiger partial charge in [-0.05, 0) is 55.3 Å². The van der Waals surface area contributed by atoms with Crippen LogP contribution in [0.2, 0.25) is 0 Å². The molecule has 0 heterocycles. The largest absolute Gasteiger partial charge is 0.497 e. The first-order valence-corrected chi connectivity index (χ1v) is 7.45. The number of carbonyl (C=O) groups is 1. The molecule has 0 amide bonds. The molecule has 0 aliphatic carbocycles. The molecule has 1 atom stereocenters. The number of carbonyl (C=O) groups excluding carboxylic acids is 1. The summed E-state index contributed by atoms with van der Waals surface area (Å²) in [5.74, 6) is 1.83. The lowest BCUT2D eigenvalue weighted by Gasteiger charge is -2.11. The third-order valence-corrected chi connectivity index (χ3v) is 3.26. The number of esters is 1. The lowest BCUT2D eigenvalue weighted by Crippen LogP contribution is -2.34. The Morgan fingerprint density at radius 3 is 2.04 bits per heavy atom. The molecule has 0 bridgehead atoms. The molecule has 5 nitrogen and oxygen atoms in total. The van der Waals surface area contributed by atoms with Crippen molar-refractivity contribution in [1.82, 2.24) is 0 Å². The van der Waals surface area contributed by atoms with E-state index in [-0.39, 0.29) is 5.97 Å². The van der Waals surface area contributed by atoms with E-state index in [0.717, 1.165) is 17.1 Å². The highest BCUT2D eigenvalue weighted by Gasteiger charge is 2.14. The second kappa shape index (κ2) is 8.19. The van der Waals surface area contributed by atoms with Crippen LogP contribution in [0.25, 0.3) is 0 Å². The Kier molecular flexibility index (Phi) is 6.00. The molecular formula is C18H21NO4. The topological polar surface area (TPSA) is 70.8 Å². The molecular weight excluding hydrogens is 294 g/mol. The molecule has 1 unspecified atom stereocenters. The van der Waals surface area contributed by atoms with Crippen LogP contribution in [0.5, 0.6) is 17.2 Å². The minimum absolute atomic E-state index is 0.334. The number of nitrogens with two attached hydrogens (primary N) is 1. The van der Waals surface area contributed by atoms with Crippen molar-refractivity contribution in [2.24, 2.45) is 5.73 Å². The molecule has 2 aromatic rings. The summed E-state index contributed by atoms with van der Waals surface area (Å²) >= 11 is 0. The molecule has 122 valence electrons. The van der Waals surface area contributed by atoms with Gasteiger partial charge in [0.25, 0.3) is 0 Å². The Morgan fingerprint density at radius 1 is 1.00 bits per heavy atom. The highest BCUT2D eigenvalue weighted by molar-refractivity contribution is 5.75. The van der Waals surface area contributed by atoms with Crippen molar-refractivity contribution in [1.29, 1.82) is 0 Å². The normalized spacial score (nSPS) is 11.6. The number of methoxy groups -OCH3 is 1. The van der Waals surface area contributed by atoms with Crippen molar-refractivity contribution in [3.8, 4) is 17.2 Å². The third kappa shape index (κ3) is 5.00. The molecule has 0 aliphatic heterocycles. The number of ether oxygens (including phenoxy) is 3. The molecule has 2 aromatic carbocycles. The number of benzene rings is 2. The molecule has 0 radical (unpaired) electrons. The number of hydrogen-bond acceptors (Lipinski definition) is 5. The summed E-state index contributed by atoms with van der Waals surface area (Å²) in [5.41, 5.74) is 6.76. The van der Waals surface area contributed by atoms with Crippen molar-refractivity contribution < 1.29 is 19.0 Å². The monoisotopic (exact) mass is 315 g/mol. The summed E-state index contributed by atoms with van der Waals surface area (Å²) < 4.78 is 15.7. The first-order valence-electron chi connectivity index (χ1n) is 7.45. The zero-order valence-electron chi connectivity index (χ0n) is 13.3. The fourth-order valence-corrected chi connectivity index (χ4v) is 2.06. The summed E-state index contributed by atoms with van der Waals surface area (Å²) in [5, 5.41) is 0. The van der Waals surface area contributed by atoms with Gasteiger partial charge in [0.2, 0.25) is 0 Å². The molecule has 2 rings (SSSR count). The SMILES string of the molecule is CCOC(=O)C(N)Cc1ccc(Oc2ccc(OC)cc2)cc1. The Bertz CT molecular complexity index is 622. The van der Waals surface area contributed by atoms with Crippen molar-refractivity contribution in [2.75, 3.05) is 13.7 Å². The van der Waals surface area contributed by atoms with E-state index in [2.05, 4.69) is 0 Å². The van der Waals surface area contributed by atoms with E-state index in [4.69, 9.17) is 19.9 Å². The highest BCUT2D eigenvalue weighted by Crippen LogP contribution is 2.24. The molecule has 2 N–H and O–H groups in total. The maximum Gasteiger partial charge on any atom is 0.323 e. The van der Waals surface area contributed by atoms with Gasteiger partial charge in [0, 0.05) is 0 Å². The van der Waals surface area contributed by atoms with Crippen molar-refractivity contribution in [3.63, 3.8) is 0 Å². The van der Waals surface area contributed by atoms with Crippen LogP contribution in [-0.4, -0.2) is 25.7 Å². The maximum atomic E-state index is 11.5. The summed E-state index contributed by atoms with van der Waals surface area (Å²) in [6.07, 6.45) is 0.432. The van der Waals surface area contributed by atoms with Gasteiger partial charge in [-0.3, -0.25) is 4.79 Å². The van der Waals surface area contributed by atoms with Gasteiger partial charge in [-0.2, -0.15) is 0 Å². The third-order valence-electron chi connectivity index (χ3n) is 3.26. The van der Waals surface area contributed by atoms with Gasteiger partial charge in [0.15, 0.2) is 0 Å². The lowest BCUT2D eigenvalue weighted by atomic mass is 10.1. The summed E-state index contributed by atoms with van der Waals surface area (Å²) in [6, 6.07) is 14.2. The Labute approximate surface area is 136 Å². The minimum Gasteiger partial charge on any atom is -0.497 e. The van der Waals surface area contributed by atoms with E-state index in [1.165, 1.54) is 0 Å². The number of rotatable bonds is 7. The van der Waals surface area contributed by atoms with E-state index >= 15 is 0 Å². The van der Waals surface area contributed by atoms with Gasteiger partial charge in [-0.1, -0.05) is 12.1 Å². The Hall–Kier alpha value is -2.53. The van der Waals surface area contributed by atoms with E-state index in [9.17, 15) is 4.79 Å². The van der Waals surface area contributed by atoms with Crippen LogP contribution in [0.15, 0.2) is 48.5 Å². The molecule has 0 aliphatic rings. The second-order valence-corrected chi connectivity index (χ2v) is 4.98. The predicted octanol–water partition coefficient (Wildman–Crippen LogP) is 2.92. The minimum atomic E-state index is -0.650. The zero-order valence-corrected chi connectivity index (χ0v) is 13.3. The summed E-state index contributed by atoms with van der Waals surface area (Å²) in [7, 11) is 1.62.